The van der Waals surface area contributed by atoms with Gasteiger partial charge in [-0.2, -0.15) is 13.2 Å². The van der Waals surface area contributed by atoms with Crippen molar-refractivity contribution in [3.8, 4) is 0 Å². The molecule has 1 N–H and O–H groups in total. The van der Waals surface area contributed by atoms with Gasteiger partial charge in [-0.1, -0.05) is 25.0 Å². The van der Waals surface area contributed by atoms with Gasteiger partial charge in [-0.15, -0.1) is 0 Å². The largest absolute Gasteiger partial charge is 0.452 e. The minimum atomic E-state index is -4.44. The number of hydrogen-bond donors (Lipinski definition) is 1. The topological polar surface area (TPSA) is 55.4 Å². The maximum Gasteiger partial charge on any atom is 0.416 e. The summed E-state index contributed by atoms with van der Waals surface area (Å²) in [4.78, 5) is 23.1. The molecule has 4 nitrogen and oxygen atoms in total. The van der Waals surface area contributed by atoms with E-state index >= 15 is 0 Å². The maximum absolute atomic E-state index is 12.6. The fraction of sp³-hybridized carbons (Fsp3) is 0.412. The monoisotopic (exact) mass is 341 g/mol. The Hall–Kier alpha value is -2.31. The summed E-state index contributed by atoms with van der Waals surface area (Å²) in [5.41, 5.74) is -0.578. The van der Waals surface area contributed by atoms with Crippen molar-refractivity contribution >= 4 is 18.0 Å². The van der Waals surface area contributed by atoms with E-state index in [1.165, 1.54) is 18.2 Å². The first kappa shape index (κ1) is 18.0. The average Bonchev–Trinajstić information content (AvgIpc) is 3.03. The molecule has 24 heavy (non-hydrogen) atoms. The standard InChI is InChI=1S/C17H18F3NO3/c18-17(19,20)13-5-3-4-12(10-13)8-9-16(23)24-11-15(22)21-14-6-1-2-7-14/h3-5,8-10,14H,1-2,6-7,11H2,(H,21,22)/b9-8+. The number of hydrogen-bond acceptors (Lipinski definition) is 3. The first-order chi connectivity index (χ1) is 11.3. The van der Waals surface area contributed by atoms with Gasteiger partial charge in [-0.05, 0) is 36.6 Å². The molecule has 0 saturated heterocycles. The second kappa shape index (κ2) is 7.99. The third kappa shape index (κ3) is 5.72. The van der Waals surface area contributed by atoms with E-state index in [2.05, 4.69) is 5.32 Å². The number of nitrogens with one attached hydrogen (secondary N) is 1. The number of alkyl halides is 3. The van der Waals surface area contributed by atoms with Crippen molar-refractivity contribution in [2.75, 3.05) is 6.61 Å². The Kier molecular flexibility index (Phi) is 6.00. The number of benzene rings is 1. The number of esters is 1. The summed E-state index contributed by atoms with van der Waals surface area (Å²) in [6.07, 6.45) is 1.77. The van der Waals surface area contributed by atoms with Gasteiger partial charge in [0, 0.05) is 12.1 Å². The summed E-state index contributed by atoms with van der Waals surface area (Å²) in [5, 5.41) is 2.77. The van der Waals surface area contributed by atoms with E-state index in [1.54, 1.807) is 0 Å². The fourth-order valence-electron chi connectivity index (χ4n) is 2.51. The molecule has 1 aliphatic rings. The second-order valence-electron chi connectivity index (χ2n) is 5.61. The molecule has 1 fully saturated rings. The average molecular weight is 341 g/mol. The molecular weight excluding hydrogens is 323 g/mol. The van der Waals surface area contributed by atoms with Gasteiger partial charge in [-0.25, -0.2) is 4.79 Å². The third-order valence-electron chi connectivity index (χ3n) is 3.69. The van der Waals surface area contributed by atoms with Crippen LogP contribution in [0.3, 0.4) is 0 Å². The molecule has 1 aliphatic carbocycles. The molecule has 1 saturated carbocycles. The van der Waals surface area contributed by atoms with Crippen LogP contribution in [-0.4, -0.2) is 24.5 Å². The van der Waals surface area contributed by atoms with Gasteiger partial charge >= 0.3 is 12.1 Å². The Bertz CT molecular complexity index is 620. The summed E-state index contributed by atoms with van der Waals surface area (Å²) >= 11 is 0. The quantitative estimate of drug-likeness (QED) is 0.660. The van der Waals surface area contributed by atoms with Gasteiger partial charge in [-0.3, -0.25) is 4.79 Å². The van der Waals surface area contributed by atoms with E-state index in [4.69, 9.17) is 4.74 Å². The van der Waals surface area contributed by atoms with Crippen LogP contribution in [0.5, 0.6) is 0 Å². The van der Waals surface area contributed by atoms with Crippen molar-refractivity contribution in [2.45, 2.75) is 37.9 Å². The smallest absolute Gasteiger partial charge is 0.416 e. The predicted molar refractivity (Wildman–Crippen MR) is 81.8 cm³/mol. The second-order valence-corrected chi connectivity index (χ2v) is 5.61. The van der Waals surface area contributed by atoms with Gasteiger partial charge in [0.05, 0.1) is 5.56 Å². The Balaban J connectivity index is 1.81. The Morgan fingerprint density at radius 3 is 2.62 bits per heavy atom. The van der Waals surface area contributed by atoms with Crippen LogP contribution in [0.25, 0.3) is 6.08 Å². The first-order valence-corrected chi connectivity index (χ1v) is 7.66. The van der Waals surface area contributed by atoms with E-state index in [9.17, 15) is 22.8 Å². The van der Waals surface area contributed by atoms with Crippen molar-refractivity contribution in [1.29, 1.82) is 0 Å². The molecule has 0 spiro atoms. The lowest BCUT2D eigenvalue weighted by Crippen LogP contribution is -2.35. The molecule has 0 heterocycles. The predicted octanol–water partition coefficient (Wildman–Crippen LogP) is 3.32. The molecule has 0 radical (unpaired) electrons. The Morgan fingerprint density at radius 1 is 1.25 bits per heavy atom. The van der Waals surface area contributed by atoms with Crippen LogP contribution in [0.2, 0.25) is 0 Å². The molecule has 0 aromatic heterocycles. The maximum atomic E-state index is 12.6. The SMILES string of the molecule is O=C(COC(=O)/C=C/c1cccc(C(F)(F)F)c1)NC1CCCC1. The van der Waals surface area contributed by atoms with Crippen LogP contribution in [-0.2, 0) is 20.5 Å². The van der Waals surface area contributed by atoms with E-state index in [-0.39, 0.29) is 17.5 Å². The molecule has 1 aromatic rings. The molecule has 0 unspecified atom stereocenters. The number of carbonyl (C=O) groups excluding carboxylic acids is 2. The van der Waals surface area contributed by atoms with Gasteiger partial charge < -0.3 is 10.1 Å². The van der Waals surface area contributed by atoms with Crippen molar-refractivity contribution in [2.24, 2.45) is 0 Å². The summed E-state index contributed by atoms with van der Waals surface area (Å²) in [5.74, 6) is -1.16. The highest BCUT2D eigenvalue weighted by molar-refractivity contribution is 5.89. The number of halogens is 3. The number of rotatable bonds is 5. The minimum absolute atomic E-state index is 0.136. The highest BCUT2D eigenvalue weighted by Crippen LogP contribution is 2.29. The van der Waals surface area contributed by atoms with Crippen LogP contribution in [0.15, 0.2) is 30.3 Å². The summed E-state index contributed by atoms with van der Waals surface area (Å²) in [6, 6.07) is 4.70. The van der Waals surface area contributed by atoms with Crippen molar-refractivity contribution < 1.29 is 27.5 Å². The Labute approximate surface area is 137 Å². The van der Waals surface area contributed by atoms with Crippen molar-refractivity contribution in [3.05, 3.63) is 41.5 Å². The molecule has 0 atom stereocenters. The third-order valence-corrected chi connectivity index (χ3v) is 3.69. The fourth-order valence-corrected chi connectivity index (χ4v) is 2.51. The van der Waals surface area contributed by atoms with Crippen LogP contribution < -0.4 is 5.32 Å². The molecule has 0 bridgehead atoms. The number of ether oxygens (including phenoxy) is 1. The van der Waals surface area contributed by atoms with Crippen LogP contribution in [0.1, 0.15) is 36.8 Å². The highest BCUT2D eigenvalue weighted by atomic mass is 19.4. The molecule has 0 aliphatic heterocycles. The first-order valence-electron chi connectivity index (χ1n) is 7.66. The number of carbonyl (C=O) groups is 2. The summed E-state index contributed by atoms with van der Waals surface area (Å²) in [6.45, 7) is -0.401. The minimum Gasteiger partial charge on any atom is -0.452 e. The zero-order chi connectivity index (χ0) is 17.6. The normalized spacial score (nSPS) is 15.6. The van der Waals surface area contributed by atoms with Gasteiger partial charge in [0.1, 0.15) is 0 Å². The van der Waals surface area contributed by atoms with Crippen molar-refractivity contribution in [3.63, 3.8) is 0 Å². The van der Waals surface area contributed by atoms with Gasteiger partial charge in [0.2, 0.25) is 0 Å². The molecule has 130 valence electrons. The molecule has 2 rings (SSSR count). The van der Waals surface area contributed by atoms with Gasteiger partial charge in [0.25, 0.3) is 5.91 Å². The Morgan fingerprint density at radius 2 is 1.96 bits per heavy atom. The molecule has 1 amide bonds. The lowest BCUT2D eigenvalue weighted by atomic mass is 10.1. The highest BCUT2D eigenvalue weighted by Gasteiger charge is 2.30. The number of amides is 1. The zero-order valence-corrected chi connectivity index (χ0v) is 12.9. The van der Waals surface area contributed by atoms with Crippen LogP contribution in [0, 0.1) is 0 Å². The summed E-state index contributed by atoms with van der Waals surface area (Å²) < 4.78 is 42.5. The van der Waals surface area contributed by atoms with Crippen LogP contribution in [0.4, 0.5) is 13.2 Å². The van der Waals surface area contributed by atoms with E-state index in [0.29, 0.717) is 0 Å². The lowest BCUT2D eigenvalue weighted by molar-refractivity contribution is -0.144. The van der Waals surface area contributed by atoms with Crippen molar-refractivity contribution in [1.82, 2.24) is 5.32 Å². The van der Waals surface area contributed by atoms with E-state index < -0.39 is 24.3 Å². The molecule has 1 aromatic carbocycles. The molecule has 7 heteroatoms. The lowest BCUT2D eigenvalue weighted by Gasteiger charge is -2.11. The summed E-state index contributed by atoms with van der Waals surface area (Å²) in [7, 11) is 0. The zero-order valence-electron chi connectivity index (χ0n) is 12.9. The van der Waals surface area contributed by atoms with E-state index in [0.717, 1.165) is 43.9 Å². The van der Waals surface area contributed by atoms with Gasteiger partial charge in [0.15, 0.2) is 6.61 Å². The molecular formula is C17H18F3NO3. The van der Waals surface area contributed by atoms with Crippen LogP contribution >= 0.6 is 0 Å². The van der Waals surface area contributed by atoms with E-state index in [1.807, 2.05) is 0 Å².